The van der Waals surface area contributed by atoms with Crippen molar-refractivity contribution in [1.29, 1.82) is 0 Å². The van der Waals surface area contributed by atoms with Crippen molar-refractivity contribution in [3.63, 3.8) is 0 Å². The van der Waals surface area contributed by atoms with Crippen LogP contribution in [0.5, 0.6) is 0 Å². The van der Waals surface area contributed by atoms with Crippen LogP contribution < -0.4 is 0 Å². The van der Waals surface area contributed by atoms with E-state index < -0.39 is 0 Å². The molecule has 0 aliphatic carbocycles. The monoisotopic (exact) mass is 258 g/mol. The van der Waals surface area contributed by atoms with Crippen LogP contribution in [0.3, 0.4) is 0 Å². The van der Waals surface area contributed by atoms with Gasteiger partial charge >= 0.3 is 0 Å². The van der Waals surface area contributed by atoms with Crippen molar-refractivity contribution in [2.45, 2.75) is 49.0 Å². The van der Waals surface area contributed by atoms with Crippen molar-refractivity contribution in [2.75, 3.05) is 0 Å². The van der Waals surface area contributed by atoms with Gasteiger partial charge in [-0.1, -0.05) is 87.0 Å². The van der Waals surface area contributed by atoms with Crippen LogP contribution in [0.2, 0.25) is 0 Å². The highest BCUT2D eigenvalue weighted by atomic mass is 13.9. The molecule has 0 bridgehead atoms. The molecule has 0 radical (unpaired) electrons. The summed E-state index contributed by atoms with van der Waals surface area (Å²) in [6, 6.07) is 17.1. The average molecular weight is 258 g/mol. The summed E-state index contributed by atoms with van der Waals surface area (Å²) >= 11 is 0. The molecule has 0 heteroatoms. The minimum Gasteiger partial charge on any atom is -0.0776 e. The summed E-state index contributed by atoms with van der Waals surface area (Å²) in [5.41, 5.74) is 5.42. The first-order valence-electron chi connectivity index (χ1n) is 6.20. The Kier molecular flexibility index (Phi) is 10.8. The van der Waals surface area contributed by atoms with Crippen LogP contribution in [0.4, 0.5) is 0 Å². The predicted octanol–water partition coefficient (Wildman–Crippen LogP) is 6.13. The Hall–Kier alpha value is -1.56. The molecule has 0 aliphatic rings. The predicted molar refractivity (Wildman–Crippen MR) is 89.9 cm³/mol. The van der Waals surface area contributed by atoms with E-state index in [1.54, 1.807) is 0 Å². The molecule has 0 nitrogen and oxygen atoms in total. The fraction of sp³-hybridized carbons (Fsp3) is 0.368. The maximum atomic E-state index is 2.18. The van der Waals surface area contributed by atoms with Crippen molar-refractivity contribution in [2.24, 2.45) is 0 Å². The molecule has 0 aliphatic heterocycles. The van der Waals surface area contributed by atoms with Crippen molar-refractivity contribution < 1.29 is 0 Å². The fourth-order valence-electron chi connectivity index (χ4n) is 1.46. The molecule has 106 valence electrons. The summed E-state index contributed by atoms with van der Waals surface area (Å²) in [4.78, 5) is 0. The molecule has 0 heterocycles. The molecule has 2 rings (SSSR count). The Morgan fingerprint density at radius 1 is 0.579 bits per heavy atom. The lowest BCUT2D eigenvalue weighted by Gasteiger charge is -1.94. The third kappa shape index (κ3) is 8.20. The van der Waals surface area contributed by atoms with E-state index in [1.807, 2.05) is 0 Å². The Labute approximate surface area is 120 Å². The zero-order chi connectivity index (χ0) is 12.7. The molecule has 0 saturated carbocycles. The van der Waals surface area contributed by atoms with Crippen molar-refractivity contribution in [3.8, 4) is 0 Å². The van der Waals surface area contributed by atoms with E-state index in [0.717, 1.165) is 6.42 Å². The van der Waals surface area contributed by atoms with E-state index >= 15 is 0 Å². The molecule has 0 unspecified atom stereocenters. The Morgan fingerprint density at radius 3 is 1.11 bits per heavy atom. The molecular weight excluding hydrogens is 228 g/mol. The van der Waals surface area contributed by atoms with E-state index in [0.29, 0.717) is 0 Å². The molecule has 0 atom stereocenters. The molecule has 0 aromatic heterocycles. The average Bonchev–Trinajstić information content (AvgIpc) is 2.35. The first kappa shape index (κ1) is 19.8. The molecule has 0 amide bonds. The van der Waals surface area contributed by atoms with Gasteiger partial charge in [0.05, 0.1) is 0 Å². The van der Waals surface area contributed by atoms with Crippen LogP contribution in [0.1, 0.15) is 44.0 Å². The van der Waals surface area contributed by atoms with Gasteiger partial charge in [0, 0.05) is 0 Å². The number of aryl methyl sites for hydroxylation is 4. The SMILES string of the molecule is C.C.CCc1ccc(C)cc1.Cc1ccc(C)cc1. The van der Waals surface area contributed by atoms with Crippen LogP contribution in [-0.4, -0.2) is 0 Å². The molecule has 0 fully saturated rings. The lowest BCUT2D eigenvalue weighted by atomic mass is 10.1. The number of rotatable bonds is 1. The third-order valence-corrected chi connectivity index (χ3v) is 2.75. The number of benzene rings is 2. The second-order valence-corrected chi connectivity index (χ2v) is 4.49. The topological polar surface area (TPSA) is 0 Å². The zero-order valence-corrected chi connectivity index (χ0v) is 11.3. The first-order valence-corrected chi connectivity index (χ1v) is 6.20. The minimum atomic E-state index is 0. The molecule has 2 aromatic rings. The summed E-state index contributed by atoms with van der Waals surface area (Å²) in [7, 11) is 0. The smallest absolute Gasteiger partial charge is 0.0307 e. The first-order chi connectivity index (χ1) is 8.11. The Morgan fingerprint density at radius 2 is 0.842 bits per heavy atom. The molecule has 19 heavy (non-hydrogen) atoms. The van der Waals surface area contributed by atoms with Gasteiger partial charge in [0.1, 0.15) is 0 Å². The molecule has 0 saturated heterocycles. The van der Waals surface area contributed by atoms with E-state index in [2.05, 4.69) is 76.2 Å². The van der Waals surface area contributed by atoms with E-state index in [-0.39, 0.29) is 14.9 Å². The van der Waals surface area contributed by atoms with Gasteiger partial charge < -0.3 is 0 Å². The van der Waals surface area contributed by atoms with Gasteiger partial charge in [-0.2, -0.15) is 0 Å². The Balaban J connectivity index is 0. The molecule has 2 aromatic carbocycles. The second-order valence-electron chi connectivity index (χ2n) is 4.49. The summed E-state index contributed by atoms with van der Waals surface area (Å²) < 4.78 is 0. The maximum absolute atomic E-state index is 2.18. The standard InChI is InChI=1S/C9H12.C8H10.2CH4/c1-3-9-6-4-8(2)5-7-9;1-7-3-5-8(2)6-4-7;;/h4-7H,3H2,1-2H3;3-6H,1-2H3;2*1H4. The summed E-state index contributed by atoms with van der Waals surface area (Å²) in [5.74, 6) is 0. The largest absolute Gasteiger partial charge is 0.0776 e. The highest BCUT2D eigenvalue weighted by molar-refractivity contribution is 5.21. The van der Waals surface area contributed by atoms with Crippen LogP contribution in [0.25, 0.3) is 0 Å². The van der Waals surface area contributed by atoms with Crippen LogP contribution in [0.15, 0.2) is 48.5 Å². The van der Waals surface area contributed by atoms with Crippen molar-refractivity contribution >= 4 is 0 Å². The highest BCUT2D eigenvalue weighted by Crippen LogP contribution is 2.02. The third-order valence-electron chi connectivity index (χ3n) is 2.75. The van der Waals surface area contributed by atoms with Gasteiger partial charge in [0.25, 0.3) is 0 Å². The van der Waals surface area contributed by atoms with Gasteiger partial charge in [-0.25, -0.2) is 0 Å². The van der Waals surface area contributed by atoms with Crippen molar-refractivity contribution in [1.82, 2.24) is 0 Å². The highest BCUT2D eigenvalue weighted by Gasteiger charge is 1.84. The number of hydrogen-bond acceptors (Lipinski definition) is 0. The normalized spacial score (nSPS) is 8.42. The van der Waals surface area contributed by atoms with E-state index in [1.165, 1.54) is 22.3 Å². The van der Waals surface area contributed by atoms with Crippen molar-refractivity contribution in [3.05, 3.63) is 70.8 Å². The van der Waals surface area contributed by atoms with Gasteiger partial charge in [-0.05, 0) is 32.8 Å². The summed E-state index contributed by atoms with van der Waals surface area (Å²) in [5, 5.41) is 0. The molecule has 0 N–H and O–H groups in total. The molecular formula is C19H30. The van der Waals surface area contributed by atoms with Gasteiger partial charge in [0.2, 0.25) is 0 Å². The van der Waals surface area contributed by atoms with Crippen LogP contribution >= 0.6 is 0 Å². The number of hydrogen-bond donors (Lipinski definition) is 0. The maximum Gasteiger partial charge on any atom is -0.0307 e. The van der Waals surface area contributed by atoms with Crippen LogP contribution in [0, 0.1) is 20.8 Å². The van der Waals surface area contributed by atoms with Crippen LogP contribution in [-0.2, 0) is 6.42 Å². The van der Waals surface area contributed by atoms with E-state index in [4.69, 9.17) is 0 Å². The van der Waals surface area contributed by atoms with Gasteiger partial charge in [-0.3, -0.25) is 0 Å². The summed E-state index contributed by atoms with van der Waals surface area (Å²) in [6.45, 7) is 8.48. The lowest BCUT2D eigenvalue weighted by molar-refractivity contribution is 1.14. The fourth-order valence-corrected chi connectivity index (χ4v) is 1.46. The second kappa shape index (κ2) is 10.4. The molecule has 0 spiro atoms. The van der Waals surface area contributed by atoms with Gasteiger partial charge in [-0.15, -0.1) is 0 Å². The summed E-state index contributed by atoms with van der Waals surface area (Å²) in [6.07, 6.45) is 1.14. The minimum absolute atomic E-state index is 0. The quantitative estimate of drug-likeness (QED) is 0.577. The lowest BCUT2D eigenvalue weighted by Crippen LogP contribution is -1.77. The van der Waals surface area contributed by atoms with E-state index in [9.17, 15) is 0 Å². The van der Waals surface area contributed by atoms with Gasteiger partial charge in [0.15, 0.2) is 0 Å². The Bertz CT molecular complexity index is 400. The zero-order valence-electron chi connectivity index (χ0n) is 11.3.